The van der Waals surface area contributed by atoms with E-state index in [0.29, 0.717) is 16.9 Å². The lowest BCUT2D eigenvalue weighted by atomic mass is 10.1. The van der Waals surface area contributed by atoms with Gasteiger partial charge in [0.25, 0.3) is 15.9 Å². The van der Waals surface area contributed by atoms with Gasteiger partial charge in [0.1, 0.15) is 6.54 Å². The molecule has 8 heteroatoms. The zero-order valence-corrected chi connectivity index (χ0v) is 20.5. The Labute approximate surface area is 200 Å². The SMILES string of the molecule is Cc1ccc(N(CC(=O)Nc2ccccc2C(=O)NC(C)C)S(=O)(=O)c2ccccc2)cc1C. The molecule has 3 aromatic rings. The topological polar surface area (TPSA) is 95.6 Å². The summed E-state index contributed by atoms with van der Waals surface area (Å²) >= 11 is 0. The number of carbonyl (C=O) groups excluding carboxylic acids is 2. The van der Waals surface area contributed by atoms with Crippen LogP contribution in [-0.4, -0.2) is 32.8 Å². The standard InChI is InChI=1S/C26H29N3O4S/c1-18(2)27-26(31)23-12-8-9-13-24(23)28-25(30)17-29(21-15-14-19(3)20(4)16-21)34(32,33)22-10-6-5-7-11-22/h5-16,18H,17H2,1-4H3,(H,27,31)(H,28,30). The molecule has 0 radical (unpaired) electrons. The molecule has 0 aliphatic carbocycles. The number of hydrogen-bond donors (Lipinski definition) is 2. The van der Waals surface area contributed by atoms with E-state index in [-0.39, 0.29) is 16.8 Å². The van der Waals surface area contributed by atoms with Gasteiger partial charge in [-0.25, -0.2) is 8.42 Å². The fourth-order valence-electron chi connectivity index (χ4n) is 3.37. The Kier molecular flexibility index (Phi) is 7.73. The molecule has 0 atom stereocenters. The number of nitrogens with one attached hydrogen (secondary N) is 2. The van der Waals surface area contributed by atoms with Gasteiger partial charge in [0.15, 0.2) is 0 Å². The first-order valence-corrected chi connectivity index (χ1v) is 12.4. The predicted molar refractivity (Wildman–Crippen MR) is 135 cm³/mol. The molecule has 2 N–H and O–H groups in total. The first kappa shape index (κ1) is 25.0. The zero-order chi connectivity index (χ0) is 24.9. The van der Waals surface area contributed by atoms with Crippen molar-refractivity contribution in [1.82, 2.24) is 5.32 Å². The second-order valence-corrected chi connectivity index (χ2v) is 10.2. The minimum atomic E-state index is -4.02. The van der Waals surface area contributed by atoms with Gasteiger partial charge in [-0.3, -0.25) is 13.9 Å². The predicted octanol–water partition coefficient (Wildman–Crippen LogP) is 4.28. The summed E-state index contributed by atoms with van der Waals surface area (Å²) in [5, 5.41) is 5.51. The van der Waals surface area contributed by atoms with Crippen molar-refractivity contribution in [2.45, 2.75) is 38.6 Å². The van der Waals surface area contributed by atoms with Crippen LogP contribution in [0.4, 0.5) is 11.4 Å². The number of carbonyl (C=O) groups is 2. The van der Waals surface area contributed by atoms with E-state index in [4.69, 9.17) is 0 Å². The minimum Gasteiger partial charge on any atom is -0.350 e. The first-order chi connectivity index (χ1) is 16.1. The number of sulfonamides is 1. The van der Waals surface area contributed by atoms with Crippen LogP contribution >= 0.6 is 0 Å². The number of nitrogens with zero attached hydrogens (tertiary/aromatic N) is 1. The summed E-state index contributed by atoms with van der Waals surface area (Å²) in [4.78, 5) is 25.7. The van der Waals surface area contributed by atoms with Gasteiger partial charge >= 0.3 is 0 Å². The van der Waals surface area contributed by atoms with Crippen LogP contribution in [0.3, 0.4) is 0 Å². The lowest BCUT2D eigenvalue weighted by molar-refractivity contribution is -0.114. The Bertz CT molecular complexity index is 1290. The van der Waals surface area contributed by atoms with Crippen molar-refractivity contribution in [3.05, 3.63) is 89.5 Å². The Morgan fingerprint density at radius 2 is 1.53 bits per heavy atom. The number of amides is 2. The van der Waals surface area contributed by atoms with Crippen LogP contribution in [0.5, 0.6) is 0 Å². The van der Waals surface area contributed by atoms with Crippen molar-refractivity contribution in [3.8, 4) is 0 Å². The van der Waals surface area contributed by atoms with Gasteiger partial charge in [0, 0.05) is 6.04 Å². The third-order valence-electron chi connectivity index (χ3n) is 5.26. The molecule has 2 amide bonds. The maximum Gasteiger partial charge on any atom is 0.264 e. The van der Waals surface area contributed by atoms with Gasteiger partial charge in [-0.1, -0.05) is 36.4 Å². The third-order valence-corrected chi connectivity index (χ3v) is 7.05. The van der Waals surface area contributed by atoms with Crippen LogP contribution in [0.1, 0.15) is 35.3 Å². The fraction of sp³-hybridized carbons (Fsp3) is 0.231. The van der Waals surface area contributed by atoms with Gasteiger partial charge < -0.3 is 10.6 Å². The number of anilines is 2. The van der Waals surface area contributed by atoms with E-state index >= 15 is 0 Å². The maximum absolute atomic E-state index is 13.5. The van der Waals surface area contributed by atoms with E-state index in [0.717, 1.165) is 15.4 Å². The summed E-state index contributed by atoms with van der Waals surface area (Å²) < 4.78 is 28.1. The lowest BCUT2D eigenvalue weighted by Gasteiger charge is -2.25. The highest BCUT2D eigenvalue weighted by molar-refractivity contribution is 7.92. The van der Waals surface area contributed by atoms with Crippen LogP contribution in [-0.2, 0) is 14.8 Å². The van der Waals surface area contributed by atoms with E-state index in [9.17, 15) is 18.0 Å². The molecule has 0 aliphatic heterocycles. The number of aryl methyl sites for hydroxylation is 2. The number of benzene rings is 3. The molecule has 3 aromatic carbocycles. The smallest absolute Gasteiger partial charge is 0.264 e. The molecule has 3 rings (SSSR count). The monoisotopic (exact) mass is 479 g/mol. The molecule has 0 fully saturated rings. The summed E-state index contributed by atoms with van der Waals surface area (Å²) in [6.07, 6.45) is 0. The van der Waals surface area contributed by atoms with Crippen LogP contribution in [0.2, 0.25) is 0 Å². The summed E-state index contributed by atoms with van der Waals surface area (Å²) in [6.45, 7) is 7.04. The molecule has 0 aliphatic rings. The van der Waals surface area contributed by atoms with E-state index in [1.807, 2.05) is 33.8 Å². The minimum absolute atomic E-state index is 0.0764. The number of rotatable bonds is 8. The molecule has 7 nitrogen and oxygen atoms in total. The van der Waals surface area contributed by atoms with Gasteiger partial charge in [0.05, 0.1) is 21.8 Å². The van der Waals surface area contributed by atoms with Gasteiger partial charge in [-0.05, 0) is 75.2 Å². The van der Waals surface area contributed by atoms with Crippen LogP contribution in [0.15, 0.2) is 77.7 Å². The molecule has 0 spiro atoms. The molecular weight excluding hydrogens is 450 g/mol. The Morgan fingerprint density at radius 3 is 2.18 bits per heavy atom. The molecular formula is C26H29N3O4S. The summed E-state index contributed by atoms with van der Waals surface area (Å²) in [6, 6.07) is 19.8. The maximum atomic E-state index is 13.5. The molecule has 0 bridgehead atoms. The molecule has 178 valence electrons. The largest absolute Gasteiger partial charge is 0.350 e. The highest BCUT2D eigenvalue weighted by Gasteiger charge is 2.28. The van der Waals surface area contributed by atoms with Crippen molar-refractivity contribution in [3.63, 3.8) is 0 Å². The van der Waals surface area contributed by atoms with Crippen molar-refractivity contribution in [2.75, 3.05) is 16.2 Å². The van der Waals surface area contributed by atoms with E-state index in [1.54, 1.807) is 54.6 Å². The highest BCUT2D eigenvalue weighted by atomic mass is 32.2. The van der Waals surface area contributed by atoms with Gasteiger partial charge in [0.2, 0.25) is 5.91 Å². The van der Waals surface area contributed by atoms with Gasteiger partial charge in [-0.15, -0.1) is 0 Å². The van der Waals surface area contributed by atoms with Crippen molar-refractivity contribution >= 4 is 33.2 Å². The fourth-order valence-corrected chi connectivity index (χ4v) is 4.80. The molecule has 0 unspecified atom stereocenters. The van der Waals surface area contributed by atoms with Crippen LogP contribution in [0, 0.1) is 13.8 Å². The quantitative estimate of drug-likeness (QED) is 0.504. The Balaban J connectivity index is 1.94. The number of para-hydroxylation sites is 1. The molecule has 0 heterocycles. The molecule has 0 saturated heterocycles. The van der Waals surface area contributed by atoms with E-state index < -0.39 is 22.5 Å². The van der Waals surface area contributed by atoms with Crippen LogP contribution in [0.25, 0.3) is 0 Å². The average Bonchev–Trinajstić information content (AvgIpc) is 2.80. The second kappa shape index (κ2) is 10.5. The highest BCUT2D eigenvalue weighted by Crippen LogP contribution is 2.26. The molecule has 0 saturated carbocycles. The first-order valence-electron chi connectivity index (χ1n) is 10.9. The Morgan fingerprint density at radius 1 is 0.882 bits per heavy atom. The van der Waals surface area contributed by atoms with E-state index in [1.165, 1.54) is 12.1 Å². The summed E-state index contributed by atoms with van der Waals surface area (Å²) in [7, 11) is -4.02. The third kappa shape index (κ3) is 5.82. The van der Waals surface area contributed by atoms with E-state index in [2.05, 4.69) is 10.6 Å². The summed E-state index contributed by atoms with van der Waals surface area (Å²) in [5.41, 5.74) is 2.90. The molecule has 0 aromatic heterocycles. The Hall–Kier alpha value is -3.65. The lowest BCUT2D eigenvalue weighted by Crippen LogP contribution is -2.38. The second-order valence-electron chi connectivity index (χ2n) is 8.32. The van der Waals surface area contributed by atoms with Crippen molar-refractivity contribution < 1.29 is 18.0 Å². The van der Waals surface area contributed by atoms with Crippen molar-refractivity contribution in [2.24, 2.45) is 0 Å². The van der Waals surface area contributed by atoms with Crippen LogP contribution < -0.4 is 14.9 Å². The molecule has 34 heavy (non-hydrogen) atoms. The number of hydrogen-bond acceptors (Lipinski definition) is 4. The summed E-state index contributed by atoms with van der Waals surface area (Å²) in [5.74, 6) is -0.892. The normalized spacial score (nSPS) is 11.2. The zero-order valence-electron chi connectivity index (χ0n) is 19.7. The van der Waals surface area contributed by atoms with Crippen molar-refractivity contribution in [1.29, 1.82) is 0 Å². The average molecular weight is 480 g/mol. The van der Waals surface area contributed by atoms with Gasteiger partial charge in [-0.2, -0.15) is 0 Å².